The molecule has 2 aromatic carbocycles. The third kappa shape index (κ3) is 25.9. The highest BCUT2D eigenvalue weighted by atomic mass is 32.2. The minimum Gasteiger partial charge on any atom is -0.460 e. The lowest BCUT2D eigenvalue weighted by atomic mass is 10.2. The van der Waals surface area contributed by atoms with Crippen molar-refractivity contribution in [2.24, 2.45) is 0 Å². The number of carbonyl (C=O) groups is 1. The van der Waals surface area contributed by atoms with Gasteiger partial charge in [-0.15, -0.1) is 0 Å². The molecule has 0 unspecified atom stereocenters. The molecule has 0 aliphatic rings. The van der Waals surface area contributed by atoms with Gasteiger partial charge in [0.05, 0.1) is 149 Å². The van der Waals surface area contributed by atoms with Crippen molar-refractivity contribution < 1.29 is 69.5 Å². The summed E-state index contributed by atoms with van der Waals surface area (Å²) in [5, 5.41) is 0. The minimum atomic E-state index is -3.76. The molecule has 0 aliphatic heterocycles. The number of esters is 1. The Morgan fingerprint density at radius 2 is 0.647 bits per heavy atom. The molecule has 2 rings (SSSR count). The highest BCUT2D eigenvalue weighted by Crippen LogP contribution is 2.10. The molecule has 0 radical (unpaired) electrons. The van der Waals surface area contributed by atoms with Crippen LogP contribution in [0.25, 0.3) is 0 Å². The van der Waals surface area contributed by atoms with E-state index in [2.05, 4.69) is 0 Å². The predicted octanol–water partition coefficient (Wildman–Crippen LogP) is 2.41. The second kappa shape index (κ2) is 32.1. The molecule has 0 heterocycles. The zero-order chi connectivity index (χ0) is 36.3. The SMILES string of the molecule is O=C(OCCOCCOCCOCCOCCOCCOCCOCCOCCOCCOCCOS(=O)(=O)c1ccccc1)c1ccccc1. The van der Waals surface area contributed by atoms with Gasteiger partial charge >= 0.3 is 5.97 Å². The van der Waals surface area contributed by atoms with E-state index in [-0.39, 0.29) is 30.7 Å². The summed E-state index contributed by atoms with van der Waals surface area (Å²) in [6, 6.07) is 16.8. The molecule has 0 bridgehead atoms. The van der Waals surface area contributed by atoms with E-state index in [0.29, 0.717) is 131 Å². The Kier molecular flexibility index (Phi) is 28.1. The van der Waals surface area contributed by atoms with Crippen molar-refractivity contribution >= 4 is 16.1 Å². The van der Waals surface area contributed by atoms with Gasteiger partial charge in [-0.05, 0) is 24.3 Å². The first-order valence-corrected chi connectivity index (χ1v) is 18.4. The molecule has 0 N–H and O–H groups in total. The van der Waals surface area contributed by atoms with Crippen molar-refractivity contribution in [3.63, 3.8) is 0 Å². The van der Waals surface area contributed by atoms with Crippen LogP contribution in [0.3, 0.4) is 0 Å². The largest absolute Gasteiger partial charge is 0.460 e. The van der Waals surface area contributed by atoms with E-state index in [1.54, 1.807) is 42.5 Å². The average Bonchev–Trinajstić information content (AvgIpc) is 3.15. The Labute approximate surface area is 301 Å². The molecule has 290 valence electrons. The molecule has 0 aliphatic carbocycles. The molecule has 0 aromatic heterocycles. The highest BCUT2D eigenvalue weighted by molar-refractivity contribution is 7.86. The maximum Gasteiger partial charge on any atom is 0.338 e. The van der Waals surface area contributed by atoms with Crippen LogP contribution >= 0.6 is 0 Å². The zero-order valence-corrected chi connectivity index (χ0v) is 30.2. The monoisotopic (exact) mass is 746 g/mol. The lowest BCUT2D eigenvalue weighted by Crippen LogP contribution is -2.16. The summed E-state index contributed by atoms with van der Waals surface area (Å²) >= 11 is 0. The van der Waals surface area contributed by atoms with Crippen LogP contribution in [-0.2, 0) is 66.4 Å². The molecular formula is C35H54O15S. The summed E-state index contributed by atoms with van der Waals surface area (Å²) in [7, 11) is -3.76. The molecule has 0 saturated heterocycles. The third-order valence-corrected chi connectivity index (χ3v) is 7.64. The average molecular weight is 747 g/mol. The van der Waals surface area contributed by atoms with Gasteiger partial charge in [-0.1, -0.05) is 36.4 Å². The fraction of sp³-hybridized carbons (Fsp3) is 0.629. The van der Waals surface area contributed by atoms with Crippen LogP contribution in [-0.4, -0.2) is 160 Å². The van der Waals surface area contributed by atoms with Gasteiger partial charge in [0, 0.05) is 0 Å². The van der Waals surface area contributed by atoms with Crippen LogP contribution in [0.2, 0.25) is 0 Å². The first-order chi connectivity index (χ1) is 25.1. The Morgan fingerprint density at radius 3 is 0.980 bits per heavy atom. The minimum absolute atomic E-state index is 0.0639. The molecular weight excluding hydrogens is 692 g/mol. The second-order valence-corrected chi connectivity index (χ2v) is 11.8. The number of hydrogen-bond acceptors (Lipinski definition) is 15. The molecule has 2 aromatic rings. The van der Waals surface area contributed by atoms with Gasteiger partial charge in [0.25, 0.3) is 10.1 Å². The van der Waals surface area contributed by atoms with Gasteiger partial charge in [0.2, 0.25) is 0 Å². The van der Waals surface area contributed by atoms with Crippen LogP contribution in [0.1, 0.15) is 10.4 Å². The van der Waals surface area contributed by atoms with E-state index in [1.165, 1.54) is 12.1 Å². The van der Waals surface area contributed by atoms with Crippen LogP contribution in [0.15, 0.2) is 65.6 Å². The lowest BCUT2D eigenvalue weighted by molar-refractivity contribution is -0.0273. The molecule has 0 spiro atoms. The topological polar surface area (TPSA) is 162 Å². The van der Waals surface area contributed by atoms with E-state index in [1.807, 2.05) is 6.07 Å². The van der Waals surface area contributed by atoms with Crippen LogP contribution in [0, 0.1) is 0 Å². The van der Waals surface area contributed by atoms with Crippen molar-refractivity contribution in [1.29, 1.82) is 0 Å². The van der Waals surface area contributed by atoms with Crippen molar-refractivity contribution in [2.45, 2.75) is 4.90 Å². The maximum absolute atomic E-state index is 12.0. The lowest BCUT2D eigenvalue weighted by Gasteiger charge is -2.09. The number of benzene rings is 2. The van der Waals surface area contributed by atoms with Crippen molar-refractivity contribution in [2.75, 3.05) is 145 Å². The highest BCUT2D eigenvalue weighted by Gasteiger charge is 2.13. The quantitative estimate of drug-likeness (QED) is 0.0568. The van der Waals surface area contributed by atoms with Crippen LogP contribution in [0.4, 0.5) is 0 Å². The normalized spacial score (nSPS) is 11.6. The number of hydrogen-bond donors (Lipinski definition) is 0. The first-order valence-electron chi connectivity index (χ1n) is 17.0. The number of rotatable bonds is 36. The molecule has 15 nitrogen and oxygen atoms in total. The third-order valence-electron chi connectivity index (χ3n) is 6.32. The first kappa shape index (κ1) is 44.6. The Hall–Kier alpha value is -2.58. The Balaban J connectivity index is 1.16. The molecule has 51 heavy (non-hydrogen) atoms. The van der Waals surface area contributed by atoms with E-state index in [9.17, 15) is 13.2 Å². The summed E-state index contributed by atoms with van der Waals surface area (Å²) in [5.41, 5.74) is 0.518. The summed E-state index contributed by atoms with van der Waals surface area (Å²) < 4.78 is 88.3. The van der Waals surface area contributed by atoms with Gasteiger partial charge in [-0.2, -0.15) is 8.42 Å². The Bertz CT molecular complexity index is 1170. The number of carbonyl (C=O) groups excluding carboxylic acids is 1. The maximum atomic E-state index is 12.0. The summed E-state index contributed by atoms with van der Waals surface area (Å²) in [6.45, 7) is 8.52. The van der Waals surface area contributed by atoms with Gasteiger partial charge < -0.3 is 52.1 Å². The van der Waals surface area contributed by atoms with Gasteiger partial charge in [-0.25, -0.2) is 4.79 Å². The molecule has 0 fully saturated rings. The van der Waals surface area contributed by atoms with E-state index >= 15 is 0 Å². The predicted molar refractivity (Wildman–Crippen MR) is 184 cm³/mol. The van der Waals surface area contributed by atoms with E-state index in [4.69, 9.17) is 56.3 Å². The fourth-order valence-corrected chi connectivity index (χ4v) is 4.70. The fourth-order valence-electron chi connectivity index (χ4n) is 3.79. The van der Waals surface area contributed by atoms with Gasteiger partial charge in [-0.3, -0.25) is 4.18 Å². The number of ether oxygens (including phenoxy) is 11. The van der Waals surface area contributed by atoms with Crippen molar-refractivity contribution in [3.8, 4) is 0 Å². The standard InChI is InChI=1S/C35H54O15S/c36-35(33-7-3-1-4-8-33)49-31-29-47-27-25-45-23-21-43-19-17-41-15-13-39-11-12-40-14-16-42-18-20-44-22-24-46-26-28-48-30-32-50-51(37,38)34-9-5-2-6-10-34/h1-10H,11-32H2. The van der Waals surface area contributed by atoms with E-state index in [0.717, 1.165) is 0 Å². The van der Waals surface area contributed by atoms with Crippen molar-refractivity contribution in [1.82, 2.24) is 0 Å². The molecule has 0 atom stereocenters. The zero-order valence-electron chi connectivity index (χ0n) is 29.4. The smallest absolute Gasteiger partial charge is 0.338 e. The van der Waals surface area contributed by atoms with Gasteiger partial charge in [0.1, 0.15) is 6.61 Å². The van der Waals surface area contributed by atoms with Crippen LogP contribution < -0.4 is 0 Å². The summed E-state index contributed by atoms with van der Waals surface area (Å²) in [6.07, 6.45) is 0. The molecule has 16 heteroatoms. The summed E-state index contributed by atoms with van der Waals surface area (Å²) in [4.78, 5) is 11.9. The van der Waals surface area contributed by atoms with Gasteiger partial charge in [0.15, 0.2) is 0 Å². The van der Waals surface area contributed by atoms with Crippen molar-refractivity contribution in [3.05, 3.63) is 66.2 Å². The van der Waals surface area contributed by atoms with Crippen LogP contribution in [0.5, 0.6) is 0 Å². The second-order valence-electron chi connectivity index (χ2n) is 10.2. The van der Waals surface area contributed by atoms with E-state index < -0.39 is 10.1 Å². The molecule has 0 amide bonds. The summed E-state index contributed by atoms with van der Waals surface area (Å²) in [5.74, 6) is -0.364. The Morgan fingerprint density at radius 1 is 0.373 bits per heavy atom. The molecule has 0 saturated carbocycles.